The van der Waals surface area contributed by atoms with Crippen LogP contribution >= 0.6 is 22.9 Å². The number of piperidine rings is 3. The summed E-state index contributed by atoms with van der Waals surface area (Å²) in [6.45, 7) is 3.66. The van der Waals surface area contributed by atoms with Crippen LogP contribution in [0.2, 0.25) is 5.02 Å². The zero-order valence-electron chi connectivity index (χ0n) is 10.6. The van der Waals surface area contributed by atoms with Crippen LogP contribution in [-0.2, 0) is 0 Å². The van der Waals surface area contributed by atoms with Crippen LogP contribution in [0.1, 0.15) is 12.8 Å². The summed E-state index contributed by atoms with van der Waals surface area (Å²) in [4.78, 5) is 7.01. The molecule has 4 heterocycles. The van der Waals surface area contributed by atoms with Gasteiger partial charge in [-0.2, -0.15) is 0 Å². The molecular formula is C14H16ClN3S. The minimum Gasteiger partial charge on any atom is -0.378 e. The Hall–Kier alpha value is -0.840. The van der Waals surface area contributed by atoms with Crippen LogP contribution in [0.15, 0.2) is 17.6 Å². The van der Waals surface area contributed by atoms with Gasteiger partial charge in [0.05, 0.1) is 20.9 Å². The summed E-state index contributed by atoms with van der Waals surface area (Å²) in [5.41, 5.74) is 3.94. The lowest BCUT2D eigenvalue weighted by Crippen LogP contribution is -2.53. The summed E-state index contributed by atoms with van der Waals surface area (Å²) in [6.07, 6.45) is 2.62. The first-order chi connectivity index (χ1) is 9.31. The maximum atomic E-state index is 6.37. The molecule has 3 saturated heterocycles. The molecule has 0 radical (unpaired) electrons. The number of hydrogen-bond acceptors (Lipinski definition) is 4. The lowest BCUT2D eigenvalue weighted by atomic mass is 9.84. The summed E-state index contributed by atoms with van der Waals surface area (Å²) in [7, 11) is 0. The van der Waals surface area contributed by atoms with Crippen LogP contribution in [0.5, 0.6) is 0 Å². The maximum Gasteiger partial charge on any atom is 0.106 e. The van der Waals surface area contributed by atoms with Gasteiger partial charge in [0.25, 0.3) is 0 Å². The van der Waals surface area contributed by atoms with Gasteiger partial charge >= 0.3 is 0 Å². The predicted octanol–water partition coefficient (Wildman–Crippen LogP) is 3.46. The van der Waals surface area contributed by atoms with Crippen molar-refractivity contribution in [3.63, 3.8) is 0 Å². The Morgan fingerprint density at radius 1 is 1.32 bits per heavy atom. The van der Waals surface area contributed by atoms with Crippen molar-refractivity contribution in [3.05, 3.63) is 22.7 Å². The van der Waals surface area contributed by atoms with Crippen LogP contribution in [0.3, 0.4) is 0 Å². The molecule has 2 bridgehead atoms. The molecule has 3 fully saturated rings. The Bertz CT molecular complexity index is 604. The molecule has 3 aliphatic heterocycles. The van der Waals surface area contributed by atoms with E-state index in [1.54, 1.807) is 11.3 Å². The SMILES string of the molecule is Clc1ccc2scnc2c1NC1CN2CCC1CC2. The molecule has 0 saturated carbocycles. The van der Waals surface area contributed by atoms with Gasteiger partial charge in [0, 0.05) is 12.6 Å². The van der Waals surface area contributed by atoms with Crippen molar-refractivity contribution in [1.82, 2.24) is 9.88 Å². The van der Waals surface area contributed by atoms with Crippen LogP contribution in [0.25, 0.3) is 10.2 Å². The number of halogens is 1. The second-order valence-electron chi connectivity index (χ2n) is 5.51. The van der Waals surface area contributed by atoms with Crippen molar-refractivity contribution in [2.45, 2.75) is 18.9 Å². The van der Waals surface area contributed by atoms with E-state index in [-0.39, 0.29) is 0 Å². The van der Waals surface area contributed by atoms with Gasteiger partial charge in [0.2, 0.25) is 0 Å². The number of thiazole rings is 1. The first-order valence-corrected chi connectivity index (χ1v) is 8.07. The zero-order chi connectivity index (χ0) is 12.8. The van der Waals surface area contributed by atoms with Crippen molar-refractivity contribution in [1.29, 1.82) is 0 Å². The van der Waals surface area contributed by atoms with E-state index in [4.69, 9.17) is 11.6 Å². The molecule has 1 aromatic heterocycles. The standard InChI is InChI=1S/C14H16ClN3S/c15-10-1-2-12-14(16-8-19-12)13(10)17-11-7-18-5-3-9(11)4-6-18/h1-2,8-9,11,17H,3-7H2. The van der Waals surface area contributed by atoms with E-state index in [0.29, 0.717) is 6.04 Å². The first kappa shape index (κ1) is 11.9. The zero-order valence-corrected chi connectivity index (χ0v) is 12.2. The normalized spacial score (nSPS) is 29.8. The highest BCUT2D eigenvalue weighted by molar-refractivity contribution is 7.16. The van der Waals surface area contributed by atoms with E-state index in [2.05, 4.69) is 21.3 Å². The van der Waals surface area contributed by atoms with Crippen LogP contribution in [0, 0.1) is 5.92 Å². The number of anilines is 1. The van der Waals surface area contributed by atoms with Crippen molar-refractivity contribution in [3.8, 4) is 0 Å². The molecule has 3 aliphatic rings. The van der Waals surface area contributed by atoms with E-state index in [1.807, 2.05) is 11.6 Å². The Morgan fingerprint density at radius 2 is 2.16 bits per heavy atom. The van der Waals surface area contributed by atoms with Gasteiger partial charge in [-0.05, 0) is 44.0 Å². The number of nitrogens with one attached hydrogen (secondary N) is 1. The molecule has 1 unspecified atom stereocenters. The third kappa shape index (κ3) is 2.02. The third-order valence-electron chi connectivity index (χ3n) is 4.44. The van der Waals surface area contributed by atoms with Crippen molar-refractivity contribution in [2.75, 3.05) is 25.0 Å². The second kappa shape index (κ2) is 4.62. The monoisotopic (exact) mass is 293 g/mol. The largest absolute Gasteiger partial charge is 0.378 e. The fraction of sp³-hybridized carbons (Fsp3) is 0.500. The van der Waals surface area contributed by atoms with Crippen molar-refractivity contribution >= 4 is 38.8 Å². The number of nitrogens with zero attached hydrogens (tertiary/aromatic N) is 2. The van der Waals surface area contributed by atoms with Gasteiger partial charge in [-0.3, -0.25) is 0 Å². The summed E-state index contributed by atoms with van der Waals surface area (Å²) in [6, 6.07) is 4.55. The minimum atomic E-state index is 0.521. The molecule has 0 aliphatic carbocycles. The molecule has 1 aromatic carbocycles. The molecule has 2 aromatic rings. The fourth-order valence-corrected chi connectivity index (χ4v) is 4.25. The van der Waals surface area contributed by atoms with E-state index in [1.165, 1.54) is 30.6 Å². The topological polar surface area (TPSA) is 28.2 Å². The molecule has 0 amide bonds. The van der Waals surface area contributed by atoms with Gasteiger partial charge in [0.15, 0.2) is 0 Å². The van der Waals surface area contributed by atoms with Crippen molar-refractivity contribution in [2.24, 2.45) is 5.92 Å². The van der Waals surface area contributed by atoms with Gasteiger partial charge in [-0.1, -0.05) is 11.6 Å². The molecule has 1 N–H and O–H groups in total. The molecule has 1 atom stereocenters. The van der Waals surface area contributed by atoms with Gasteiger partial charge in [0.1, 0.15) is 5.52 Å². The maximum absolute atomic E-state index is 6.37. The van der Waals surface area contributed by atoms with E-state index >= 15 is 0 Å². The number of hydrogen-bond donors (Lipinski definition) is 1. The summed E-state index contributed by atoms with van der Waals surface area (Å²) in [5.74, 6) is 0.787. The highest BCUT2D eigenvalue weighted by Crippen LogP contribution is 2.36. The average molecular weight is 294 g/mol. The molecule has 19 heavy (non-hydrogen) atoms. The van der Waals surface area contributed by atoms with Crippen LogP contribution in [-0.4, -0.2) is 35.6 Å². The van der Waals surface area contributed by atoms with Gasteiger partial charge in [-0.25, -0.2) is 4.98 Å². The second-order valence-corrected chi connectivity index (χ2v) is 6.80. The summed E-state index contributed by atoms with van der Waals surface area (Å²) >= 11 is 8.04. The van der Waals surface area contributed by atoms with Crippen LogP contribution in [0.4, 0.5) is 5.69 Å². The summed E-state index contributed by atoms with van der Waals surface area (Å²) < 4.78 is 1.20. The van der Waals surface area contributed by atoms with Gasteiger partial charge in [-0.15, -0.1) is 11.3 Å². The molecular weight excluding hydrogens is 278 g/mol. The minimum absolute atomic E-state index is 0.521. The van der Waals surface area contributed by atoms with E-state index < -0.39 is 0 Å². The Labute approximate surface area is 121 Å². The fourth-order valence-electron chi connectivity index (χ4n) is 3.36. The molecule has 5 rings (SSSR count). The quantitative estimate of drug-likeness (QED) is 0.919. The average Bonchev–Trinajstić information content (AvgIpc) is 2.92. The third-order valence-corrected chi connectivity index (χ3v) is 5.55. The first-order valence-electron chi connectivity index (χ1n) is 6.82. The van der Waals surface area contributed by atoms with E-state index in [9.17, 15) is 0 Å². The number of benzene rings is 1. The highest BCUT2D eigenvalue weighted by Gasteiger charge is 2.34. The smallest absolute Gasteiger partial charge is 0.106 e. The number of aromatic nitrogens is 1. The Kier molecular flexibility index (Phi) is 2.90. The molecule has 5 heteroatoms. The predicted molar refractivity (Wildman–Crippen MR) is 81.2 cm³/mol. The Morgan fingerprint density at radius 3 is 2.89 bits per heavy atom. The summed E-state index contributed by atoms with van der Waals surface area (Å²) in [5, 5.41) is 4.47. The van der Waals surface area contributed by atoms with Gasteiger partial charge < -0.3 is 10.2 Å². The van der Waals surface area contributed by atoms with Crippen LogP contribution < -0.4 is 5.32 Å². The number of rotatable bonds is 2. The molecule has 100 valence electrons. The lowest BCUT2D eigenvalue weighted by Gasteiger charge is -2.45. The van der Waals surface area contributed by atoms with Crippen molar-refractivity contribution < 1.29 is 0 Å². The number of fused-ring (bicyclic) bond motifs is 4. The highest BCUT2D eigenvalue weighted by atomic mass is 35.5. The Balaban J connectivity index is 1.67. The molecule has 3 nitrogen and oxygen atoms in total. The lowest BCUT2D eigenvalue weighted by molar-refractivity contribution is 0.0976. The van der Waals surface area contributed by atoms with E-state index in [0.717, 1.165) is 28.7 Å². The molecule has 0 spiro atoms.